The highest BCUT2D eigenvalue weighted by Crippen LogP contribution is 2.35. The molecular weight excluding hydrogens is 371 g/mol. The van der Waals surface area contributed by atoms with Gasteiger partial charge < -0.3 is 5.32 Å². The fourth-order valence-corrected chi connectivity index (χ4v) is 3.97. The summed E-state index contributed by atoms with van der Waals surface area (Å²) in [4.78, 5) is 29.3. The number of amidine groups is 1. The Hall–Kier alpha value is -3.22. The first kappa shape index (κ1) is 19.1. The fraction of sp³-hybridized carbons (Fsp3) is 0.318. The highest BCUT2D eigenvalue weighted by Gasteiger charge is 2.31. The molecule has 4 rings (SSSR count). The minimum absolute atomic E-state index is 0.0959. The highest BCUT2D eigenvalue weighted by molar-refractivity contribution is 6.39. The summed E-state index contributed by atoms with van der Waals surface area (Å²) in [7, 11) is 0. The summed E-state index contributed by atoms with van der Waals surface area (Å²) in [6, 6.07) is 15.1. The normalized spacial score (nSPS) is 18.2. The molecule has 1 heterocycles. The maximum absolute atomic E-state index is 13.4. The lowest BCUT2D eigenvalue weighted by molar-refractivity contribution is -0.118. The number of carbonyl (C=O) groups excluding carboxylic acids is 2. The molecule has 7 heteroatoms. The minimum Gasteiger partial charge on any atom is -0.342 e. The third-order valence-electron chi connectivity index (χ3n) is 5.46. The molecule has 0 radical (unpaired) electrons. The van der Waals surface area contributed by atoms with E-state index in [2.05, 4.69) is 15.7 Å². The topological polar surface area (TPSA) is 73.8 Å². The van der Waals surface area contributed by atoms with Crippen LogP contribution in [0.15, 0.2) is 59.6 Å². The number of amides is 2. The molecule has 1 fully saturated rings. The molecule has 2 aromatic carbocycles. The zero-order chi connectivity index (χ0) is 20.2. The van der Waals surface area contributed by atoms with Gasteiger partial charge in [-0.3, -0.25) is 20.0 Å². The quantitative estimate of drug-likeness (QED) is 0.818. The molecular formula is C22H23FN4O2. The summed E-state index contributed by atoms with van der Waals surface area (Å²) in [6.45, 7) is -0.102. The molecule has 0 saturated heterocycles. The second-order valence-corrected chi connectivity index (χ2v) is 7.39. The molecule has 1 aliphatic heterocycles. The monoisotopic (exact) mass is 394 g/mol. The SMILES string of the molecule is O=C(N[C@H](c1ccc(F)cc1)C1CCCC1)C1=NCC(=O)N(c2ccccc2)N1. The van der Waals surface area contributed by atoms with E-state index in [4.69, 9.17) is 0 Å². The van der Waals surface area contributed by atoms with Crippen LogP contribution >= 0.6 is 0 Å². The largest absolute Gasteiger partial charge is 0.342 e. The number of hydrogen-bond donors (Lipinski definition) is 2. The van der Waals surface area contributed by atoms with Crippen molar-refractivity contribution in [2.45, 2.75) is 31.7 Å². The van der Waals surface area contributed by atoms with Crippen LogP contribution in [0.2, 0.25) is 0 Å². The van der Waals surface area contributed by atoms with E-state index >= 15 is 0 Å². The van der Waals surface area contributed by atoms with Crippen molar-refractivity contribution in [3.05, 3.63) is 66.0 Å². The Kier molecular flexibility index (Phi) is 5.55. The van der Waals surface area contributed by atoms with Crippen molar-refractivity contribution in [1.29, 1.82) is 0 Å². The first-order valence-corrected chi connectivity index (χ1v) is 9.87. The second-order valence-electron chi connectivity index (χ2n) is 7.39. The summed E-state index contributed by atoms with van der Waals surface area (Å²) in [5, 5.41) is 4.40. The number of halogens is 1. The molecule has 29 heavy (non-hydrogen) atoms. The molecule has 2 aliphatic rings. The van der Waals surface area contributed by atoms with Crippen LogP contribution in [0.1, 0.15) is 37.3 Å². The molecule has 2 amide bonds. The number of carbonyl (C=O) groups is 2. The standard InChI is InChI=1S/C22H23FN4O2/c23-17-12-10-16(11-13-17)20(15-6-4-5-7-15)25-22(29)21-24-14-19(28)27(26-21)18-8-2-1-3-9-18/h1-3,8-13,15,20H,4-7,14H2,(H,24,26)(H,25,29)/t20-/m0/s1. The third kappa shape index (κ3) is 4.29. The number of hydrogen-bond acceptors (Lipinski definition) is 4. The van der Waals surface area contributed by atoms with E-state index in [0.29, 0.717) is 11.6 Å². The number of anilines is 1. The first-order valence-electron chi connectivity index (χ1n) is 9.87. The fourth-order valence-electron chi connectivity index (χ4n) is 3.97. The number of rotatable bonds is 5. The van der Waals surface area contributed by atoms with Crippen LogP contribution in [-0.2, 0) is 9.59 Å². The third-order valence-corrected chi connectivity index (χ3v) is 5.46. The Balaban J connectivity index is 1.52. The van der Waals surface area contributed by atoms with Crippen LogP contribution in [0, 0.1) is 11.7 Å². The molecule has 150 valence electrons. The Morgan fingerprint density at radius 1 is 1.10 bits per heavy atom. The molecule has 1 saturated carbocycles. The summed E-state index contributed by atoms with van der Waals surface area (Å²) in [5.74, 6) is -0.530. The smallest absolute Gasteiger partial charge is 0.288 e. The summed E-state index contributed by atoms with van der Waals surface area (Å²) in [5.41, 5.74) is 4.35. The minimum atomic E-state index is -0.375. The van der Waals surface area contributed by atoms with Gasteiger partial charge >= 0.3 is 0 Å². The van der Waals surface area contributed by atoms with Crippen LogP contribution in [0.25, 0.3) is 0 Å². The maximum atomic E-state index is 13.4. The zero-order valence-electron chi connectivity index (χ0n) is 16.0. The lowest BCUT2D eigenvalue weighted by Crippen LogP contribution is -2.56. The molecule has 0 spiro atoms. The van der Waals surface area contributed by atoms with Crippen molar-refractivity contribution < 1.29 is 14.0 Å². The van der Waals surface area contributed by atoms with E-state index < -0.39 is 0 Å². The lowest BCUT2D eigenvalue weighted by atomic mass is 9.91. The Bertz CT molecular complexity index is 908. The average Bonchev–Trinajstić information content (AvgIpc) is 3.28. The predicted octanol–water partition coefficient (Wildman–Crippen LogP) is 3.12. The van der Waals surface area contributed by atoms with Crippen LogP contribution in [0.5, 0.6) is 0 Å². The van der Waals surface area contributed by atoms with Gasteiger partial charge in [-0.05, 0) is 48.6 Å². The van der Waals surface area contributed by atoms with Gasteiger partial charge in [0.05, 0.1) is 11.7 Å². The van der Waals surface area contributed by atoms with Gasteiger partial charge in [0.15, 0.2) is 0 Å². The van der Waals surface area contributed by atoms with Gasteiger partial charge in [0, 0.05) is 0 Å². The number of nitrogens with zero attached hydrogens (tertiary/aromatic N) is 2. The van der Waals surface area contributed by atoms with Gasteiger partial charge in [-0.25, -0.2) is 9.40 Å². The predicted molar refractivity (Wildman–Crippen MR) is 109 cm³/mol. The summed E-state index contributed by atoms with van der Waals surface area (Å²) in [6.07, 6.45) is 4.26. The highest BCUT2D eigenvalue weighted by atomic mass is 19.1. The van der Waals surface area contributed by atoms with Gasteiger partial charge in [-0.1, -0.05) is 43.2 Å². The molecule has 1 atom stereocenters. The molecule has 0 aromatic heterocycles. The second kappa shape index (κ2) is 8.43. The van der Waals surface area contributed by atoms with Crippen molar-refractivity contribution in [3.63, 3.8) is 0 Å². The van der Waals surface area contributed by atoms with Crippen molar-refractivity contribution in [3.8, 4) is 0 Å². The van der Waals surface area contributed by atoms with Gasteiger partial charge in [0.1, 0.15) is 12.4 Å². The van der Waals surface area contributed by atoms with Gasteiger partial charge in [0.25, 0.3) is 11.8 Å². The van der Waals surface area contributed by atoms with Gasteiger partial charge in [-0.2, -0.15) is 0 Å². The maximum Gasteiger partial charge on any atom is 0.288 e. The molecule has 1 aliphatic carbocycles. The molecule has 6 nitrogen and oxygen atoms in total. The average molecular weight is 394 g/mol. The number of aliphatic imine (C=N–C) groups is 1. The van der Waals surface area contributed by atoms with Crippen LogP contribution in [0.4, 0.5) is 10.1 Å². The van der Waals surface area contributed by atoms with E-state index in [1.54, 1.807) is 24.3 Å². The number of hydrazine groups is 1. The number of benzene rings is 2. The Morgan fingerprint density at radius 2 is 1.79 bits per heavy atom. The van der Waals surface area contributed by atoms with Gasteiger partial charge in [-0.15, -0.1) is 0 Å². The molecule has 2 aromatic rings. The zero-order valence-corrected chi connectivity index (χ0v) is 16.0. The Morgan fingerprint density at radius 3 is 2.48 bits per heavy atom. The van der Waals surface area contributed by atoms with E-state index in [-0.39, 0.29) is 36.1 Å². The molecule has 2 N–H and O–H groups in total. The van der Waals surface area contributed by atoms with Gasteiger partial charge in [0.2, 0.25) is 5.84 Å². The van der Waals surface area contributed by atoms with E-state index in [9.17, 15) is 14.0 Å². The van der Waals surface area contributed by atoms with Crippen LogP contribution in [0.3, 0.4) is 0 Å². The molecule has 0 unspecified atom stereocenters. The van der Waals surface area contributed by atoms with E-state index in [1.165, 1.54) is 17.1 Å². The lowest BCUT2D eigenvalue weighted by Gasteiger charge is -2.30. The number of para-hydroxylation sites is 1. The number of nitrogens with one attached hydrogen (secondary N) is 2. The molecule has 0 bridgehead atoms. The van der Waals surface area contributed by atoms with E-state index in [1.807, 2.05) is 18.2 Å². The van der Waals surface area contributed by atoms with Crippen molar-refractivity contribution in [2.24, 2.45) is 10.9 Å². The van der Waals surface area contributed by atoms with Crippen molar-refractivity contribution >= 4 is 23.3 Å². The van der Waals surface area contributed by atoms with Crippen molar-refractivity contribution in [1.82, 2.24) is 10.7 Å². The Labute approximate surface area is 168 Å². The first-order chi connectivity index (χ1) is 14.1. The summed E-state index contributed by atoms with van der Waals surface area (Å²) < 4.78 is 13.4. The van der Waals surface area contributed by atoms with Crippen LogP contribution in [-0.4, -0.2) is 24.2 Å². The van der Waals surface area contributed by atoms with Crippen LogP contribution < -0.4 is 15.8 Å². The van der Waals surface area contributed by atoms with E-state index in [0.717, 1.165) is 31.2 Å². The summed E-state index contributed by atoms with van der Waals surface area (Å²) >= 11 is 0. The van der Waals surface area contributed by atoms with Crippen molar-refractivity contribution in [2.75, 3.05) is 11.6 Å².